The first kappa shape index (κ1) is 12.9. The number of hydrogen-bond donors (Lipinski definition) is 2. The Morgan fingerprint density at radius 1 is 1.42 bits per heavy atom. The summed E-state index contributed by atoms with van der Waals surface area (Å²) < 4.78 is 2.72. The maximum atomic E-state index is 9.48. The molecule has 0 aliphatic heterocycles. The Morgan fingerprint density at radius 3 is 3.11 bits per heavy atom. The average molecular weight is 325 g/mol. The summed E-state index contributed by atoms with van der Waals surface area (Å²) in [4.78, 5) is 8.81. The van der Waals surface area contributed by atoms with Crippen molar-refractivity contribution in [3.05, 3.63) is 23.2 Å². The van der Waals surface area contributed by atoms with Crippen LogP contribution in [0.15, 0.2) is 23.2 Å². The molecule has 2 N–H and O–H groups in total. The number of hydrogen-bond acceptors (Lipinski definition) is 4. The molecule has 3 rings (SSSR count). The number of nitrogens with one attached hydrogen (secondary N) is 1. The Bertz CT molecular complexity index is 571. The molecule has 0 bridgehead atoms. The summed E-state index contributed by atoms with van der Waals surface area (Å²) in [7, 11) is 0. The van der Waals surface area contributed by atoms with Crippen molar-refractivity contribution in [3.63, 3.8) is 0 Å². The summed E-state index contributed by atoms with van der Waals surface area (Å²) >= 11 is 3.42. The average Bonchev–Trinajstić information content (AvgIpc) is 2.87. The van der Waals surface area contributed by atoms with Crippen molar-refractivity contribution < 1.29 is 5.11 Å². The fourth-order valence-electron chi connectivity index (χ4n) is 2.79. The van der Waals surface area contributed by atoms with Gasteiger partial charge >= 0.3 is 0 Å². The minimum absolute atomic E-state index is 0.233. The molecule has 2 unspecified atom stereocenters. The van der Waals surface area contributed by atoms with E-state index in [1.807, 2.05) is 16.8 Å². The lowest BCUT2D eigenvalue weighted by Gasteiger charge is -2.31. The van der Waals surface area contributed by atoms with Gasteiger partial charge in [0.15, 0.2) is 11.5 Å². The molecular formula is C13H17BrN4O. The third-order valence-corrected chi connectivity index (χ3v) is 4.19. The smallest absolute Gasteiger partial charge is 0.180 e. The molecule has 1 saturated carbocycles. The summed E-state index contributed by atoms with van der Waals surface area (Å²) in [5.41, 5.74) is 0.825. The van der Waals surface area contributed by atoms with Gasteiger partial charge in [0.05, 0.1) is 0 Å². The maximum Gasteiger partial charge on any atom is 0.180 e. The van der Waals surface area contributed by atoms with Gasteiger partial charge in [0.2, 0.25) is 0 Å². The minimum Gasteiger partial charge on any atom is -0.396 e. The van der Waals surface area contributed by atoms with Gasteiger partial charge in [-0.1, -0.05) is 12.8 Å². The molecule has 0 radical (unpaired) electrons. The summed E-state index contributed by atoms with van der Waals surface area (Å²) in [5.74, 6) is 1.09. The van der Waals surface area contributed by atoms with Crippen LogP contribution in [0.2, 0.25) is 0 Å². The van der Waals surface area contributed by atoms with Crippen LogP contribution in [-0.2, 0) is 0 Å². The number of anilines is 1. The van der Waals surface area contributed by atoms with Gasteiger partial charge in [-0.2, -0.15) is 0 Å². The van der Waals surface area contributed by atoms with E-state index >= 15 is 0 Å². The second-order valence-corrected chi connectivity index (χ2v) is 5.86. The van der Waals surface area contributed by atoms with Gasteiger partial charge in [0.25, 0.3) is 0 Å². The third-order valence-electron chi connectivity index (χ3n) is 3.81. The lowest BCUT2D eigenvalue weighted by atomic mass is 9.85. The Morgan fingerprint density at radius 2 is 2.26 bits per heavy atom. The Hall–Kier alpha value is -1.14. The maximum absolute atomic E-state index is 9.48. The fraction of sp³-hybridized carbons (Fsp3) is 0.538. The van der Waals surface area contributed by atoms with Gasteiger partial charge in [0, 0.05) is 37.2 Å². The van der Waals surface area contributed by atoms with E-state index < -0.39 is 0 Å². The number of aliphatic hydroxyl groups is 1. The number of halogens is 1. The standard InChI is InChI=1S/C13H17BrN4O/c14-11-7-18-6-5-15-13(18)12(17-11)16-10-4-2-1-3-9(10)8-19/h5-7,9-10,19H,1-4,8H2,(H,16,17). The van der Waals surface area contributed by atoms with Crippen molar-refractivity contribution in [2.75, 3.05) is 11.9 Å². The van der Waals surface area contributed by atoms with Crippen LogP contribution < -0.4 is 5.32 Å². The molecule has 2 aromatic rings. The van der Waals surface area contributed by atoms with Crippen molar-refractivity contribution in [1.29, 1.82) is 0 Å². The molecule has 1 aliphatic carbocycles. The van der Waals surface area contributed by atoms with Crippen LogP contribution >= 0.6 is 15.9 Å². The number of aromatic nitrogens is 3. The van der Waals surface area contributed by atoms with Crippen molar-refractivity contribution in [3.8, 4) is 0 Å². The normalized spacial score (nSPS) is 23.7. The molecule has 5 nitrogen and oxygen atoms in total. The van der Waals surface area contributed by atoms with Gasteiger partial charge in [0.1, 0.15) is 4.60 Å². The van der Waals surface area contributed by atoms with E-state index in [2.05, 4.69) is 31.2 Å². The first-order chi connectivity index (χ1) is 9.28. The molecule has 0 amide bonds. The first-order valence-corrected chi connectivity index (χ1v) is 7.44. The number of rotatable bonds is 3. The zero-order chi connectivity index (χ0) is 13.2. The van der Waals surface area contributed by atoms with Crippen LogP contribution in [0, 0.1) is 5.92 Å². The fourth-order valence-corrected chi connectivity index (χ4v) is 3.19. The van der Waals surface area contributed by atoms with E-state index in [-0.39, 0.29) is 12.6 Å². The topological polar surface area (TPSA) is 62.5 Å². The first-order valence-electron chi connectivity index (χ1n) is 6.64. The molecule has 19 heavy (non-hydrogen) atoms. The molecule has 2 atom stereocenters. The number of aliphatic hydroxyl groups excluding tert-OH is 1. The van der Waals surface area contributed by atoms with E-state index in [1.165, 1.54) is 12.8 Å². The highest BCUT2D eigenvalue weighted by atomic mass is 79.9. The van der Waals surface area contributed by atoms with Crippen molar-refractivity contribution in [2.24, 2.45) is 5.92 Å². The van der Waals surface area contributed by atoms with Gasteiger partial charge < -0.3 is 14.8 Å². The van der Waals surface area contributed by atoms with E-state index in [9.17, 15) is 5.11 Å². The highest BCUT2D eigenvalue weighted by Crippen LogP contribution is 2.28. The van der Waals surface area contributed by atoms with Gasteiger partial charge in [-0.25, -0.2) is 9.97 Å². The van der Waals surface area contributed by atoms with Crippen LogP contribution in [0.5, 0.6) is 0 Å². The largest absolute Gasteiger partial charge is 0.396 e. The van der Waals surface area contributed by atoms with Crippen molar-refractivity contribution in [1.82, 2.24) is 14.4 Å². The Balaban J connectivity index is 1.89. The molecule has 2 heterocycles. The lowest BCUT2D eigenvalue weighted by molar-refractivity contribution is 0.178. The second-order valence-electron chi connectivity index (χ2n) is 5.05. The zero-order valence-corrected chi connectivity index (χ0v) is 12.2. The lowest BCUT2D eigenvalue weighted by Crippen LogP contribution is -2.34. The monoisotopic (exact) mass is 324 g/mol. The second kappa shape index (κ2) is 5.46. The van der Waals surface area contributed by atoms with Crippen LogP contribution in [0.25, 0.3) is 5.65 Å². The van der Waals surface area contributed by atoms with Crippen LogP contribution in [0.1, 0.15) is 25.7 Å². The van der Waals surface area contributed by atoms with E-state index in [0.29, 0.717) is 5.92 Å². The highest BCUT2D eigenvalue weighted by Gasteiger charge is 2.25. The highest BCUT2D eigenvalue weighted by molar-refractivity contribution is 9.10. The Kier molecular flexibility index (Phi) is 3.70. The molecule has 6 heteroatoms. The minimum atomic E-state index is 0.233. The van der Waals surface area contributed by atoms with Crippen molar-refractivity contribution in [2.45, 2.75) is 31.7 Å². The molecule has 102 valence electrons. The van der Waals surface area contributed by atoms with Gasteiger partial charge in [-0.3, -0.25) is 0 Å². The molecule has 1 fully saturated rings. The third kappa shape index (κ3) is 2.60. The van der Waals surface area contributed by atoms with Crippen LogP contribution in [0.4, 0.5) is 5.82 Å². The zero-order valence-electron chi connectivity index (χ0n) is 10.6. The summed E-state index contributed by atoms with van der Waals surface area (Å²) in [5, 5.41) is 12.9. The number of imidazole rings is 1. The van der Waals surface area contributed by atoms with Crippen molar-refractivity contribution >= 4 is 27.4 Å². The quantitative estimate of drug-likeness (QED) is 0.910. The van der Waals surface area contributed by atoms with E-state index in [1.54, 1.807) is 6.20 Å². The molecule has 2 aromatic heterocycles. The predicted octanol–water partition coefficient (Wildman–Crippen LogP) is 2.45. The number of fused-ring (bicyclic) bond motifs is 1. The summed E-state index contributed by atoms with van der Waals surface area (Å²) in [6.45, 7) is 0.233. The SMILES string of the molecule is OCC1CCCCC1Nc1nc(Br)cn2ccnc12. The van der Waals surface area contributed by atoms with Gasteiger partial charge in [-0.15, -0.1) is 0 Å². The van der Waals surface area contributed by atoms with E-state index in [4.69, 9.17) is 0 Å². The van der Waals surface area contributed by atoms with Gasteiger partial charge in [-0.05, 0) is 28.8 Å². The Labute approximate surface area is 120 Å². The molecule has 0 aromatic carbocycles. The van der Waals surface area contributed by atoms with Crippen LogP contribution in [-0.4, -0.2) is 32.1 Å². The molecular weight excluding hydrogens is 308 g/mol. The number of nitrogens with zero attached hydrogens (tertiary/aromatic N) is 3. The molecule has 0 saturated heterocycles. The summed E-state index contributed by atoms with van der Waals surface area (Å²) in [6, 6.07) is 0.279. The predicted molar refractivity (Wildman–Crippen MR) is 77.1 cm³/mol. The van der Waals surface area contributed by atoms with Crippen LogP contribution in [0.3, 0.4) is 0 Å². The molecule has 0 spiro atoms. The molecule has 1 aliphatic rings. The summed E-state index contributed by atoms with van der Waals surface area (Å²) in [6.07, 6.45) is 10.1. The van der Waals surface area contributed by atoms with E-state index in [0.717, 1.165) is 28.9 Å².